The van der Waals surface area contributed by atoms with Crippen molar-refractivity contribution in [3.63, 3.8) is 0 Å². The lowest BCUT2D eigenvalue weighted by molar-refractivity contribution is 0.101. The standard InChI is InChI=1S/C18H13NO2/c1-10-6-7-15-13(8-10)18(21)16(19-15)14-9-11-4-2-3-5-12(11)17(14)20/h2-8,19H,9H2,1H3/b16-14-. The first-order valence-corrected chi connectivity index (χ1v) is 6.93. The summed E-state index contributed by atoms with van der Waals surface area (Å²) >= 11 is 0. The zero-order valence-corrected chi connectivity index (χ0v) is 11.6. The van der Waals surface area contributed by atoms with E-state index < -0.39 is 0 Å². The maximum absolute atomic E-state index is 12.6. The molecule has 1 aliphatic heterocycles. The number of carbonyl (C=O) groups excluding carboxylic acids is 2. The topological polar surface area (TPSA) is 46.2 Å². The van der Waals surface area contributed by atoms with Crippen LogP contribution >= 0.6 is 0 Å². The molecule has 0 fully saturated rings. The van der Waals surface area contributed by atoms with E-state index in [1.165, 1.54) is 0 Å². The minimum absolute atomic E-state index is 0.0361. The van der Waals surface area contributed by atoms with Crippen molar-refractivity contribution in [2.75, 3.05) is 5.32 Å². The maximum atomic E-state index is 12.6. The van der Waals surface area contributed by atoms with Crippen LogP contribution in [0.2, 0.25) is 0 Å². The minimum Gasteiger partial charge on any atom is -0.351 e. The third-order valence-electron chi connectivity index (χ3n) is 4.11. The second-order valence-corrected chi connectivity index (χ2v) is 5.52. The van der Waals surface area contributed by atoms with Gasteiger partial charge in [-0.3, -0.25) is 9.59 Å². The zero-order valence-electron chi connectivity index (χ0n) is 11.6. The lowest BCUT2D eigenvalue weighted by Crippen LogP contribution is -2.09. The van der Waals surface area contributed by atoms with E-state index in [0.717, 1.165) is 16.8 Å². The Morgan fingerprint density at radius 3 is 2.57 bits per heavy atom. The number of aryl methyl sites for hydroxylation is 1. The lowest BCUT2D eigenvalue weighted by Gasteiger charge is -2.02. The molecule has 0 radical (unpaired) electrons. The van der Waals surface area contributed by atoms with E-state index in [4.69, 9.17) is 0 Å². The van der Waals surface area contributed by atoms with Crippen LogP contribution in [0.5, 0.6) is 0 Å². The molecule has 0 spiro atoms. The van der Waals surface area contributed by atoms with Crippen LogP contribution in [-0.2, 0) is 6.42 Å². The van der Waals surface area contributed by atoms with Crippen LogP contribution in [0.4, 0.5) is 5.69 Å². The molecule has 21 heavy (non-hydrogen) atoms. The van der Waals surface area contributed by atoms with E-state index in [1.54, 1.807) is 0 Å². The summed E-state index contributed by atoms with van der Waals surface area (Å²) in [6.45, 7) is 1.95. The first-order valence-electron chi connectivity index (χ1n) is 6.93. The van der Waals surface area contributed by atoms with Crippen molar-refractivity contribution in [1.82, 2.24) is 0 Å². The largest absolute Gasteiger partial charge is 0.351 e. The summed E-state index contributed by atoms with van der Waals surface area (Å²) < 4.78 is 0. The van der Waals surface area contributed by atoms with Crippen molar-refractivity contribution in [3.8, 4) is 0 Å². The van der Waals surface area contributed by atoms with Crippen LogP contribution in [0.3, 0.4) is 0 Å². The quantitative estimate of drug-likeness (QED) is 0.750. The van der Waals surface area contributed by atoms with Gasteiger partial charge in [0.25, 0.3) is 0 Å². The van der Waals surface area contributed by atoms with Crippen molar-refractivity contribution >= 4 is 17.3 Å². The number of nitrogens with one attached hydrogen (secondary N) is 1. The minimum atomic E-state index is -0.0788. The fourth-order valence-corrected chi connectivity index (χ4v) is 3.02. The van der Waals surface area contributed by atoms with Gasteiger partial charge >= 0.3 is 0 Å². The molecule has 3 nitrogen and oxygen atoms in total. The van der Waals surface area contributed by atoms with E-state index in [9.17, 15) is 9.59 Å². The number of anilines is 1. The number of allylic oxidation sites excluding steroid dienone is 2. The second kappa shape index (κ2) is 4.16. The smallest absolute Gasteiger partial charge is 0.211 e. The van der Waals surface area contributed by atoms with Crippen LogP contribution in [0, 0.1) is 6.92 Å². The van der Waals surface area contributed by atoms with Crippen LogP contribution < -0.4 is 5.32 Å². The van der Waals surface area contributed by atoms with Gasteiger partial charge in [-0.1, -0.05) is 35.9 Å². The number of benzene rings is 2. The van der Waals surface area contributed by atoms with Gasteiger partial charge in [0.1, 0.15) is 0 Å². The highest BCUT2D eigenvalue weighted by Gasteiger charge is 2.34. The number of carbonyl (C=O) groups is 2. The van der Waals surface area contributed by atoms with Crippen molar-refractivity contribution in [2.24, 2.45) is 0 Å². The number of rotatable bonds is 0. The molecule has 4 rings (SSSR count). The van der Waals surface area contributed by atoms with Gasteiger partial charge in [0.2, 0.25) is 5.78 Å². The number of Topliss-reactive ketones (excluding diaryl/α,β-unsaturated/α-hetero) is 2. The fraction of sp³-hybridized carbons (Fsp3) is 0.111. The number of hydrogen-bond acceptors (Lipinski definition) is 3. The molecule has 1 heterocycles. The average molecular weight is 275 g/mol. The van der Waals surface area contributed by atoms with Gasteiger partial charge in [0.15, 0.2) is 5.78 Å². The summed E-state index contributed by atoms with van der Waals surface area (Å²) in [5, 5.41) is 3.13. The molecular weight excluding hydrogens is 262 g/mol. The van der Waals surface area contributed by atoms with E-state index in [-0.39, 0.29) is 11.6 Å². The van der Waals surface area contributed by atoms with Crippen molar-refractivity contribution < 1.29 is 9.59 Å². The maximum Gasteiger partial charge on any atom is 0.211 e. The molecule has 0 saturated heterocycles. The highest BCUT2D eigenvalue weighted by Crippen LogP contribution is 2.35. The zero-order chi connectivity index (χ0) is 14.6. The first kappa shape index (κ1) is 12.1. The molecule has 2 aromatic carbocycles. The van der Waals surface area contributed by atoms with E-state index in [1.807, 2.05) is 49.4 Å². The summed E-state index contributed by atoms with van der Waals surface area (Å²) in [6.07, 6.45) is 0.524. The number of hydrogen-bond donors (Lipinski definition) is 1. The predicted octanol–water partition coefficient (Wildman–Crippen LogP) is 3.30. The molecule has 0 saturated carbocycles. The Bertz CT molecular complexity index is 846. The normalized spacial score (nSPS) is 19.5. The van der Waals surface area contributed by atoms with Crippen LogP contribution in [0.25, 0.3) is 0 Å². The molecule has 102 valence electrons. The molecule has 0 bridgehead atoms. The summed E-state index contributed by atoms with van der Waals surface area (Å²) in [5.74, 6) is -0.115. The first-order chi connectivity index (χ1) is 10.1. The summed E-state index contributed by atoms with van der Waals surface area (Å²) in [4.78, 5) is 25.1. The van der Waals surface area contributed by atoms with Gasteiger partial charge in [0.05, 0.1) is 5.70 Å². The monoisotopic (exact) mass is 275 g/mol. The van der Waals surface area contributed by atoms with Gasteiger partial charge < -0.3 is 5.32 Å². The van der Waals surface area contributed by atoms with Gasteiger partial charge in [-0.2, -0.15) is 0 Å². The molecule has 0 unspecified atom stereocenters. The average Bonchev–Trinajstić information content (AvgIpc) is 2.98. The summed E-state index contributed by atoms with van der Waals surface area (Å²) in [5.41, 5.74) is 5.20. The Labute approximate surface area is 122 Å². The predicted molar refractivity (Wildman–Crippen MR) is 80.6 cm³/mol. The number of fused-ring (bicyclic) bond motifs is 2. The molecule has 2 aromatic rings. The Balaban J connectivity index is 1.83. The van der Waals surface area contributed by atoms with Gasteiger partial charge in [0, 0.05) is 28.8 Å². The Hall–Kier alpha value is -2.68. The van der Waals surface area contributed by atoms with Gasteiger partial charge in [-0.25, -0.2) is 0 Å². The van der Waals surface area contributed by atoms with Gasteiger partial charge in [-0.05, 0) is 24.6 Å². The molecular formula is C18H13NO2. The van der Waals surface area contributed by atoms with Gasteiger partial charge in [-0.15, -0.1) is 0 Å². The molecule has 0 atom stereocenters. The van der Waals surface area contributed by atoms with Crippen LogP contribution in [0.1, 0.15) is 31.8 Å². The molecule has 1 N–H and O–H groups in total. The summed E-state index contributed by atoms with van der Waals surface area (Å²) in [7, 11) is 0. The molecule has 3 heteroatoms. The highest BCUT2D eigenvalue weighted by molar-refractivity contribution is 6.25. The van der Waals surface area contributed by atoms with Crippen LogP contribution in [-0.4, -0.2) is 11.6 Å². The van der Waals surface area contributed by atoms with Crippen molar-refractivity contribution in [3.05, 3.63) is 76.0 Å². The third kappa shape index (κ3) is 1.67. The Kier molecular flexibility index (Phi) is 2.39. The van der Waals surface area contributed by atoms with E-state index >= 15 is 0 Å². The van der Waals surface area contributed by atoms with E-state index in [2.05, 4.69) is 5.32 Å². The van der Waals surface area contributed by atoms with Crippen LogP contribution in [0.15, 0.2) is 53.7 Å². The summed E-state index contributed by atoms with van der Waals surface area (Å²) in [6, 6.07) is 13.2. The SMILES string of the molecule is Cc1ccc2c(c1)C(=O)/C(=C1\Cc3ccccc3C1=O)N2. The Morgan fingerprint density at radius 1 is 0.952 bits per heavy atom. The van der Waals surface area contributed by atoms with Crippen molar-refractivity contribution in [1.29, 1.82) is 0 Å². The highest BCUT2D eigenvalue weighted by atomic mass is 16.1. The molecule has 0 aromatic heterocycles. The fourth-order valence-electron chi connectivity index (χ4n) is 3.02. The Morgan fingerprint density at radius 2 is 1.76 bits per heavy atom. The lowest BCUT2D eigenvalue weighted by atomic mass is 10.0. The van der Waals surface area contributed by atoms with E-state index in [0.29, 0.717) is 28.8 Å². The molecule has 2 aliphatic rings. The van der Waals surface area contributed by atoms with Crippen molar-refractivity contribution in [2.45, 2.75) is 13.3 Å². The molecule has 1 aliphatic carbocycles. The molecule has 0 amide bonds. The second-order valence-electron chi connectivity index (χ2n) is 5.52. The third-order valence-corrected chi connectivity index (χ3v) is 4.11. The number of ketones is 2.